The zero-order chi connectivity index (χ0) is 22.2. The minimum atomic E-state index is -0.220. The Hall–Kier alpha value is -3.12. The summed E-state index contributed by atoms with van der Waals surface area (Å²) < 4.78 is 0. The normalized spacial score (nSPS) is 10.5. The molecular weight excluding hydrogens is 406 g/mol. The summed E-state index contributed by atoms with van der Waals surface area (Å²) in [5, 5.41) is 6.45. The van der Waals surface area contributed by atoms with E-state index in [2.05, 4.69) is 15.6 Å². The average molecular weight is 434 g/mol. The van der Waals surface area contributed by atoms with Gasteiger partial charge in [-0.3, -0.25) is 9.59 Å². The maximum atomic E-state index is 13.0. The molecule has 1 aromatic heterocycles. The number of anilines is 1. The zero-order valence-electron chi connectivity index (χ0n) is 18.1. The molecule has 31 heavy (non-hydrogen) atoms. The number of aromatic nitrogens is 1. The molecule has 0 aliphatic rings. The number of carbonyl (C=O) groups is 2. The van der Waals surface area contributed by atoms with Gasteiger partial charge in [0.1, 0.15) is 5.03 Å². The summed E-state index contributed by atoms with van der Waals surface area (Å²) in [6.45, 7) is 6.33. The molecule has 3 aromatic rings. The Labute approximate surface area is 187 Å². The third-order valence-corrected chi connectivity index (χ3v) is 5.71. The van der Waals surface area contributed by atoms with Crippen LogP contribution in [0.5, 0.6) is 0 Å². The van der Waals surface area contributed by atoms with Gasteiger partial charge in [-0.05, 0) is 62.1 Å². The monoisotopic (exact) mass is 433 g/mol. The maximum Gasteiger partial charge on any atom is 0.258 e. The van der Waals surface area contributed by atoms with E-state index in [9.17, 15) is 9.59 Å². The van der Waals surface area contributed by atoms with Crippen molar-refractivity contribution >= 4 is 29.3 Å². The van der Waals surface area contributed by atoms with Gasteiger partial charge in [-0.15, -0.1) is 0 Å². The van der Waals surface area contributed by atoms with E-state index < -0.39 is 0 Å². The molecule has 1 heterocycles. The number of aryl methyl sites for hydroxylation is 3. The Morgan fingerprint density at radius 1 is 0.968 bits per heavy atom. The Morgan fingerprint density at radius 2 is 1.74 bits per heavy atom. The van der Waals surface area contributed by atoms with Crippen LogP contribution in [0.15, 0.2) is 65.7 Å². The molecule has 6 heteroatoms. The fourth-order valence-electron chi connectivity index (χ4n) is 3.28. The van der Waals surface area contributed by atoms with Crippen LogP contribution in [-0.4, -0.2) is 29.1 Å². The van der Waals surface area contributed by atoms with E-state index in [1.807, 2.05) is 81.4 Å². The van der Waals surface area contributed by atoms with Crippen LogP contribution in [0.25, 0.3) is 0 Å². The Balaban J connectivity index is 1.63. The van der Waals surface area contributed by atoms with E-state index in [4.69, 9.17) is 0 Å². The van der Waals surface area contributed by atoms with Crippen LogP contribution < -0.4 is 10.6 Å². The molecule has 0 saturated heterocycles. The SMILES string of the molecule is Cc1cccc(NC(=O)c2c(C)cc(C)nc2SCC(=O)NCCc2ccccc2)c1. The highest BCUT2D eigenvalue weighted by atomic mass is 32.2. The van der Waals surface area contributed by atoms with Crippen molar-refractivity contribution in [2.45, 2.75) is 32.2 Å². The molecule has 0 fully saturated rings. The summed E-state index contributed by atoms with van der Waals surface area (Å²) >= 11 is 1.29. The van der Waals surface area contributed by atoms with Crippen molar-refractivity contribution in [1.82, 2.24) is 10.3 Å². The van der Waals surface area contributed by atoms with E-state index in [-0.39, 0.29) is 17.6 Å². The molecule has 160 valence electrons. The lowest BCUT2D eigenvalue weighted by Crippen LogP contribution is -2.27. The molecule has 0 spiro atoms. The van der Waals surface area contributed by atoms with Gasteiger partial charge in [0.05, 0.1) is 11.3 Å². The zero-order valence-corrected chi connectivity index (χ0v) is 18.9. The summed E-state index contributed by atoms with van der Waals surface area (Å²) in [6, 6.07) is 19.6. The topological polar surface area (TPSA) is 71.1 Å². The van der Waals surface area contributed by atoms with Crippen LogP contribution in [0.2, 0.25) is 0 Å². The molecule has 3 rings (SSSR count). The summed E-state index contributed by atoms with van der Waals surface area (Å²) in [5.41, 5.74) is 5.15. The second-order valence-corrected chi connectivity index (χ2v) is 8.42. The Bertz CT molecular complexity index is 1070. The van der Waals surface area contributed by atoms with Crippen LogP contribution >= 0.6 is 11.8 Å². The molecule has 0 aliphatic carbocycles. The van der Waals surface area contributed by atoms with Gasteiger partial charge < -0.3 is 10.6 Å². The molecule has 0 saturated carbocycles. The van der Waals surface area contributed by atoms with Gasteiger partial charge in [-0.1, -0.05) is 54.2 Å². The van der Waals surface area contributed by atoms with Crippen molar-refractivity contribution in [1.29, 1.82) is 0 Å². The number of amides is 2. The predicted octanol–water partition coefficient (Wildman–Crippen LogP) is 4.71. The summed E-state index contributed by atoms with van der Waals surface area (Å²) in [6.07, 6.45) is 0.781. The van der Waals surface area contributed by atoms with Gasteiger partial charge in [0.15, 0.2) is 0 Å². The van der Waals surface area contributed by atoms with E-state index in [0.717, 1.165) is 28.9 Å². The molecule has 0 aliphatic heterocycles. The first-order valence-corrected chi connectivity index (χ1v) is 11.2. The molecule has 2 N–H and O–H groups in total. The van der Waals surface area contributed by atoms with E-state index in [1.165, 1.54) is 17.3 Å². The summed E-state index contributed by atoms with van der Waals surface area (Å²) in [7, 11) is 0. The number of carbonyl (C=O) groups excluding carboxylic acids is 2. The fraction of sp³-hybridized carbons (Fsp3) is 0.240. The Kier molecular flexibility index (Phi) is 7.84. The van der Waals surface area contributed by atoms with Gasteiger partial charge >= 0.3 is 0 Å². The molecule has 5 nitrogen and oxygen atoms in total. The number of benzene rings is 2. The molecular formula is C25H27N3O2S. The van der Waals surface area contributed by atoms with Crippen molar-refractivity contribution in [2.75, 3.05) is 17.6 Å². The number of hydrogen-bond donors (Lipinski definition) is 2. The van der Waals surface area contributed by atoms with E-state index >= 15 is 0 Å². The quantitative estimate of drug-likeness (QED) is 0.505. The van der Waals surface area contributed by atoms with Gasteiger partial charge in [0.2, 0.25) is 5.91 Å². The standard InChI is InChI=1S/C25H27N3O2S/c1-17-8-7-11-21(14-17)28-24(30)23-18(2)15-19(3)27-25(23)31-16-22(29)26-13-12-20-9-5-4-6-10-20/h4-11,14-15H,12-13,16H2,1-3H3,(H,26,29)(H,28,30). The fourth-order valence-corrected chi connectivity index (χ4v) is 4.25. The van der Waals surface area contributed by atoms with Gasteiger partial charge in [-0.2, -0.15) is 0 Å². The molecule has 0 unspecified atom stereocenters. The van der Waals surface area contributed by atoms with Crippen molar-refractivity contribution < 1.29 is 9.59 Å². The minimum Gasteiger partial charge on any atom is -0.355 e. The lowest BCUT2D eigenvalue weighted by molar-refractivity contribution is -0.118. The van der Waals surface area contributed by atoms with Crippen molar-refractivity contribution in [3.8, 4) is 0 Å². The largest absolute Gasteiger partial charge is 0.355 e. The number of pyridine rings is 1. The highest BCUT2D eigenvalue weighted by Crippen LogP contribution is 2.25. The molecule has 2 aromatic carbocycles. The van der Waals surface area contributed by atoms with Crippen molar-refractivity contribution in [3.63, 3.8) is 0 Å². The molecule has 0 atom stereocenters. The first kappa shape index (κ1) is 22.6. The highest BCUT2D eigenvalue weighted by molar-refractivity contribution is 8.00. The summed E-state index contributed by atoms with van der Waals surface area (Å²) in [4.78, 5) is 29.8. The number of thioether (sulfide) groups is 1. The van der Waals surface area contributed by atoms with E-state index in [0.29, 0.717) is 17.1 Å². The molecule has 0 radical (unpaired) electrons. The number of hydrogen-bond acceptors (Lipinski definition) is 4. The van der Waals surface area contributed by atoms with Crippen LogP contribution in [-0.2, 0) is 11.2 Å². The second kappa shape index (κ2) is 10.8. The van der Waals surface area contributed by atoms with Gasteiger partial charge in [-0.25, -0.2) is 4.98 Å². The first-order valence-electron chi connectivity index (χ1n) is 10.2. The van der Waals surface area contributed by atoms with Crippen molar-refractivity contribution in [3.05, 3.63) is 88.6 Å². The van der Waals surface area contributed by atoms with Crippen molar-refractivity contribution in [2.24, 2.45) is 0 Å². The third kappa shape index (κ3) is 6.69. The minimum absolute atomic E-state index is 0.0769. The van der Waals surface area contributed by atoms with Crippen LogP contribution in [0.1, 0.15) is 32.7 Å². The third-order valence-electron chi connectivity index (χ3n) is 4.73. The smallest absolute Gasteiger partial charge is 0.258 e. The predicted molar refractivity (Wildman–Crippen MR) is 127 cm³/mol. The lowest BCUT2D eigenvalue weighted by Gasteiger charge is -2.13. The lowest BCUT2D eigenvalue weighted by atomic mass is 10.1. The maximum absolute atomic E-state index is 13.0. The molecule has 2 amide bonds. The van der Waals surface area contributed by atoms with Crippen LogP contribution in [0.3, 0.4) is 0 Å². The number of nitrogens with zero attached hydrogens (tertiary/aromatic N) is 1. The highest BCUT2D eigenvalue weighted by Gasteiger charge is 2.18. The van der Waals surface area contributed by atoms with Crippen LogP contribution in [0, 0.1) is 20.8 Å². The van der Waals surface area contributed by atoms with E-state index in [1.54, 1.807) is 0 Å². The second-order valence-electron chi connectivity index (χ2n) is 7.46. The number of nitrogens with one attached hydrogen (secondary N) is 2. The number of rotatable bonds is 8. The van der Waals surface area contributed by atoms with Gasteiger partial charge in [0, 0.05) is 17.9 Å². The Morgan fingerprint density at radius 3 is 2.48 bits per heavy atom. The van der Waals surface area contributed by atoms with Crippen LogP contribution in [0.4, 0.5) is 5.69 Å². The van der Waals surface area contributed by atoms with Gasteiger partial charge in [0.25, 0.3) is 5.91 Å². The average Bonchev–Trinajstić information content (AvgIpc) is 2.72. The molecule has 0 bridgehead atoms. The summed E-state index contributed by atoms with van der Waals surface area (Å²) in [5.74, 6) is -0.0930. The first-order chi connectivity index (χ1) is 14.9.